The van der Waals surface area contributed by atoms with Gasteiger partial charge in [0.25, 0.3) is 0 Å². The molecular formula is C7H17Cl3O4. The standard InChI is InChI=1S/C4H8O2.CHCl3.2CH4O/c1-3-6-4(2)5;2-1(3)4;2*1-2/h3H2,1-2H3;1H;2*2H,1H3. The maximum absolute atomic E-state index is 9.82. The van der Waals surface area contributed by atoms with Gasteiger partial charge in [-0.25, -0.2) is 0 Å². The summed E-state index contributed by atoms with van der Waals surface area (Å²) in [4.78, 5) is 9.82. The molecule has 90 valence electrons. The Morgan fingerprint density at radius 3 is 1.43 bits per heavy atom. The van der Waals surface area contributed by atoms with Crippen LogP contribution in [0.1, 0.15) is 13.8 Å². The zero-order valence-electron chi connectivity index (χ0n) is 8.63. The molecule has 0 aliphatic carbocycles. The van der Waals surface area contributed by atoms with Crippen LogP contribution < -0.4 is 0 Å². The first kappa shape index (κ1) is 23.8. The highest BCUT2D eigenvalue weighted by Gasteiger charge is 1.81. The Balaban J connectivity index is -0.0000000546. The Morgan fingerprint density at radius 2 is 1.43 bits per heavy atom. The summed E-state index contributed by atoms with van der Waals surface area (Å²) in [6, 6.07) is 0. The SMILES string of the molecule is CCOC(C)=O.CO.CO.ClC(Cl)Cl. The Kier molecular flexibility index (Phi) is 49.7. The van der Waals surface area contributed by atoms with Crippen LogP contribution in [-0.2, 0) is 9.53 Å². The lowest BCUT2D eigenvalue weighted by Crippen LogP contribution is -1.95. The van der Waals surface area contributed by atoms with Crippen LogP contribution >= 0.6 is 34.8 Å². The quantitative estimate of drug-likeness (QED) is 0.563. The fourth-order valence-corrected chi connectivity index (χ4v) is 0.203. The number of hydrogen-bond donors (Lipinski definition) is 2. The molecule has 4 nitrogen and oxygen atoms in total. The predicted octanol–water partition coefficient (Wildman–Crippen LogP) is 1.77. The predicted molar refractivity (Wildman–Crippen MR) is 59.9 cm³/mol. The molecule has 0 amide bonds. The molecule has 0 saturated heterocycles. The highest BCUT2D eigenvalue weighted by molar-refractivity contribution is 6.63. The lowest BCUT2D eigenvalue weighted by atomic mass is 10.8. The van der Waals surface area contributed by atoms with E-state index in [2.05, 4.69) is 4.74 Å². The number of carbonyl (C=O) groups excluding carboxylic acids is 1. The summed E-state index contributed by atoms with van der Waals surface area (Å²) in [6.45, 7) is 3.65. The van der Waals surface area contributed by atoms with Crippen LogP contribution in [0.2, 0.25) is 0 Å². The van der Waals surface area contributed by atoms with Crippen molar-refractivity contribution >= 4 is 40.8 Å². The fraction of sp³-hybridized carbons (Fsp3) is 0.857. The highest BCUT2D eigenvalue weighted by Crippen LogP contribution is 2.03. The molecule has 0 radical (unpaired) electrons. The average molecular weight is 272 g/mol. The molecule has 0 saturated carbocycles. The number of esters is 1. The van der Waals surface area contributed by atoms with Gasteiger partial charge in [-0.05, 0) is 6.92 Å². The Labute approximate surface area is 99.7 Å². The van der Waals surface area contributed by atoms with E-state index >= 15 is 0 Å². The van der Waals surface area contributed by atoms with E-state index in [0.717, 1.165) is 14.2 Å². The van der Waals surface area contributed by atoms with E-state index in [1.165, 1.54) is 6.92 Å². The van der Waals surface area contributed by atoms with Crippen LogP contribution in [0.4, 0.5) is 0 Å². The van der Waals surface area contributed by atoms with Crippen molar-refractivity contribution in [1.82, 2.24) is 0 Å². The van der Waals surface area contributed by atoms with Gasteiger partial charge in [0.05, 0.1) is 6.61 Å². The molecule has 7 heteroatoms. The third-order valence-electron chi connectivity index (χ3n) is 0.348. The molecule has 0 aromatic heterocycles. The minimum Gasteiger partial charge on any atom is -0.466 e. The van der Waals surface area contributed by atoms with Crippen LogP contribution in [0.3, 0.4) is 0 Å². The zero-order chi connectivity index (χ0) is 12.6. The van der Waals surface area contributed by atoms with Gasteiger partial charge >= 0.3 is 5.97 Å². The molecule has 2 N–H and O–H groups in total. The summed E-state index contributed by atoms with van der Waals surface area (Å²) in [5.74, 6) is -0.211. The Hall–Kier alpha value is 0.260. The first-order chi connectivity index (χ1) is 6.50. The van der Waals surface area contributed by atoms with Gasteiger partial charge in [-0.3, -0.25) is 4.79 Å². The molecule has 0 aliphatic heterocycles. The number of ether oxygens (including phenoxy) is 1. The molecule has 0 unspecified atom stereocenters. The van der Waals surface area contributed by atoms with Gasteiger partial charge in [-0.2, -0.15) is 0 Å². The second kappa shape index (κ2) is 29.2. The monoisotopic (exact) mass is 270 g/mol. The molecule has 0 rings (SSSR count). The normalized spacial score (nSPS) is 6.71. The molecule has 0 aromatic carbocycles. The molecule has 0 aromatic rings. The third kappa shape index (κ3) is 146. The summed E-state index contributed by atoms with van der Waals surface area (Å²) >= 11 is 14.4. The summed E-state index contributed by atoms with van der Waals surface area (Å²) in [7, 11) is 2.00. The van der Waals surface area contributed by atoms with E-state index in [0.29, 0.717) is 6.61 Å². The van der Waals surface area contributed by atoms with Gasteiger partial charge < -0.3 is 14.9 Å². The Bertz CT molecular complexity index is 88.2. The van der Waals surface area contributed by atoms with Crippen LogP contribution in [0.15, 0.2) is 0 Å². The van der Waals surface area contributed by atoms with E-state index in [1.807, 2.05) is 0 Å². The zero-order valence-corrected chi connectivity index (χ0v) is 10.9. The average Bonchev–Trinajstić information content (AvgIpc) is 2.10. The molecule has 0 spiro atoms. The van der Waals surface area contributed by atoms with Crippen molar-refractivity contribution in [2.24, 2.45) is 0 Å². The minimum absolute atomic E-state index is 0.211. The van der Waals surface area contributed by atoms with Crippen molar-refractivity contribution < 1.29 is 19.7 Å². The molecule has 0 atom stereocenters. The van der Waals surface area contributed by atoms with E-state index in [9.17, 15) is 4.79 Å². The first-order valence-corrected chi connectivity index (χ1v) is 4.76. The highest BCUT2D eigenvalue weighted by atomic mass is 35.6. The summed E-state index contributed by atoms with van der Waals surface area (Å²) in [5.41, 5.74) is 0. The summed E-state index contributed by atoms with van der Waals surface area (Å²) < 4.78 is 3.65. The Morgan fingerprint density at radius 1 is 1.21 bits per heavy atom. The fourth-order valence-electron chi connectivity index (χ4n) is 0.203. The van der Waals surface area contributed by atoms with Crippen molar-refractivity contribution in [2.45, 2.75) is 18.1 Å². The summed E-state index contributed by atoms with van der Waals surface area (Å²) in [5, 5.41) is 14.0. The van der Waals surface area contributed by atoms with Gasteiger partial charge in [0.2, 0.25) is 0 Å². The second-order valence-corrected chi connectivity index (χ2v) is 3.15. The molecule has 14 heavy (non-hydrogen) atoms. The molecule has 0 heterocycles. The van der Waals surface area contributed by atoms with Crippen molar-refractivity contribution in [3.05, 3.63) is 0 Å². The van der Waals surface area contributed by atoms with Gasteiger partial charge in [0.1, 0.15) is 0 Å². The van der Waals surface area contributed by atoms with Crippen molar-refractivity contribution in [3.8, 4) is 0 Å². The number of carbonyl (C=O) groups is 1. The van der Waals surface area contributed by atoms with Crippen molar-refractivity contribution in [1.29, 1.82) is 0 Å². The molecular weight excluding hydrogens is 254 g/mol. The van der Waals surface area contributed by atoms with Crippen LogP contribution in [-0.4, -0.2) is 41.3 Å². The largest absolute Gasteiger partial charge is 0.466 e. The lowest BCUT2D eigenvalue weighted by molar-refractivity contribution is -0.140. The van der Waals surface area contributed by atoms with Crippen LogP contribution in [0.25, 0.3) is 0 Å². The van der Waals surface area contributed by atoms with Gasteiger partial charge in [-0.15, -0.1) is 0 Å². The maximum atomic E-state index is 9.82. The number of aliphatic hydroxyl groups is 2. The molecule has 0 aliphatic rings. The smallest absolute Gasteiger partial charge is 0.302 e. The third-order valence-corrected chi connectivity index (χ3v) is 0.348. The topological polar surface area (TPSA) is 66.8 Å². The van der Waals surface area contributed by atoms with Crippen molar-refractivity contribution in [2.75, 3.05) is 20.8 Å². The minimum atomic E-state index is -0.750. The first-order valence-electron chi connectivity index (χ1n) is 3.45. The second-order valence-electron chi connectivity index (χ2n) is 1.17. The number of hydrogen-bond acceptors (Lipinski definition) is 4. The van der Waals surface area contributed by atoms with Gasteiger partial charge in [0.15, 0.2) is 4.30 Å². The van der Waals surface area contributed by atoms with Crippen LogP contribution in [0, 0.1) is 0 Å². The van der Waals surface area contributed by atoms with E-state index < -0.39 is 4.30 Å². The number of aliphatic hydroxyl groups excluding tert-OH is 2. The number of alkyl halides is 3. The van der Waals surface area contributed by atoms with E-state index in [-0.39, 0.29) is 5.97 Å². The van der Waals surface area contributed by atoms with Crippen LogP contribution in [0.5, 0.6) is 0 Å². The van der Waals surface area contributed by atoms with E-state index in [1.54, 1.807) is 6.92 Å². The molecule has 0 bridgehead atoms. The summed E-state index contributed by atoms with van der Waals surface area (Å²) in [6.07, 6.45) is 0. The van der Waals surface area contributed by atoms with E-state index in [4.69, 9.17) is 45.0 Å². The van der Waals surface area contributed by atoms with Gasteiger partial charge in [-0.1, -0.05) is 34.8 Å². The number of rotatable bonds is 1. The molecule has 0 fully saturated rings. The lowest BCUT2D eigenvalue weighted by Gasteiger charge is -1.89. The van der Waals surface area contributed by atoms with Crippen molar-refractivity contribution in [3.63, 3.8) is 0 Å². The maximum Gasteiger partial charge on any atom is 0.302 e. The number of halogens is 3. The van der Waals surface area contributed by atoms with Gasteiger partial charge in [0, 0.05) is 21.1 Å².